The van der Waals surface area contributed by atoms with Gasteiger partial charge >= 0.3 is 5.97 Å². The second-order valence-corrected chi connectivity index (χ2v) is 11.7. The molecule has 0 fully saturated rings. The molecule has 0 aromatic heterocycles. The van der Waals surface area contributed by atoms with Crippen LogP contribution in [0.25, 0.3) is 0 Å². The van der Waals surface area contributed by atoms with Crippen molar-refractivity contribution in [3.8, 4) is 0 Å². The maximum absolute atomic E-state index is 11.6. The number of rotatable bonds is 8. The molecule has 118 valence electrons. The molecule has 2 atom stereocenters. The van der Waals surface area contributed by atoms with Gasteiger partial charge in [0, 0.05) is 6.42 Å². The van der Waals surface area contributed by atoms with Crippen LogP contribution in [0.2, 0.25) is 18.1 Å². The molecule has 0 aromatic carbocycles. The topological polar surface area (TPSA) is 52.6 Å². The lowest BCUT2D eigenvalue weighted by molar-refractivity contribution is -0.143. The van der Waals surface area contributed by atoms with Crippen LogP contribution in [-0.4, -0.2) is 33.8 Å². The summed E-state index contributed by atoms with van der Waals surface area (Å²) in [4.78, 5) is 22.1. The second kappa shape index (κ2) is 7.93. The molecule has 0 aliphatic rings. The Morgan fingerprint density at radius 3 is 2.25 bits per heavy atom. The molecule has 0 radical (unpaired) electrons. The van der Waals surface area contributed by atoms with Gasteiger partial charge < -0.3 is 14.0 Å². The van der Waals surface area contributed by atoms with Crippen LogP contribution in [0.15, 0.2) is 0 Å². The van der Waals surface area contributed by atoms with Crippen LogP contribution in [0.3, 0.4) is 0 Å². The molecular formula is C15H30O4Si. The van der Waals surface area contributed by atoms with Crippen molar-refractivity contribution in [3.63, 3.8) is 0 Å². The Labute approximate surface area is 124 Å². The fourth-order valence-corrected chi connectivity index (χ4v) is 3.10. The first kappa shape index (κ1) is 19.3. The third-order valence-electron chi connectivity index (χ3n) is 4.22. The molecule has 4 nitrogen and oxygen atoms in total. The molecule has 5 heteroatoms. The first-order valence-corrected chi connectivity index (χ1v) is 10.1. The van der Waals surface area contributed by atoms with E-state index in [-0.39, 0.29) is 29.5 Å². The van der Waals surface area contributed by atoms with Gasteiger partial charge in [0.05, 0.1) is 19.6 Å². The van der Waals surface area contributed by atoms with Crippen molar-refractivity contribution < 1.29 is 18.8 Å². The van der Waals surface area contributed by atoms with Crippen molar-refractivity contribution >= 4 is 20.6 Å². The van der Waals surface area contributed by atoms with Gasteiger partial charge in [-0.1, -0.05) is 27.7 Å². The molecule has 0 heterocycles. The Morgan fingerprint density at radius 2 is 1.85 bits per heavy atom. The predicted molar refractivity (Wildman–Crippen MR) is 83.2 cm³/mol. The molecule has 0 N–H and O–H groups in total. The molecular weight excluding hydrogens is 272 g/mol. The highest BCUT2D eigenvalue weighted by Crippen LogP contribution is 2.38. The molecule has 0 saturated carbocycles. The number of hydrogen-bond acceptors (Lipinski definition) is 4. The summed E-state index contributed by atoms with van der Waals surface area (Å²) in [5, 5.41) is 0.0890. The first-order valence-electron chi connectivity index (χ1n) is 7.23. The predicted octanol–water partition coefficient (Wildman–Crippen LogP) is 3.56. The maximum atomic E-state index is 11.6. The molecule has 20 heavy (non-hydrogen) atoms. The Balaban J connectivity index is 4.93. The van der Waals surface area contributed by atoms with Crippen LogP contribution in [0.1, 0.15) is 47.0 Å². The smallest absolute Gasteiger partial charge is 0.308 e. The largest absolute Gasteiger partial charge is 0.469 e. The van der Waals surface area contributed by atoms with Crippen molar-refractivity contribution in [2.24, 2.45) is 5.92 Å². The SMILES string of the molecule is COC(=O)C[C@@H](O[Si](C)(C)C(C)(C)C)[C@@H](C)CCC=O. The molecule has 0 unspecified atom stereocenters. The lowest BCUT2D eigenvalue weighted by Crippen LogP contribution is -2.46. The lowest BCUT2D eigenvalue weighted by atomic mass is 9.97. The molecule has 0 spiro atoms. The number of carbonyl (C=O) groups is 2. The lowest BCUT2D eigenvalue weighted by Gasteiger charge is -2.40. The number of carbonyl (C=O) groups excluding carboxylic acids is 2. The molecule has 0 saturated heterocycles. The van der Waals surface area contributed by atoms with Crippen LogP contribution in [0, 0.1) is 5.92 Å². The van der Waals surface area contributed by atoms with Crippen molar-refractivity contribution in [1.29, 1.82) is 0 Å². The third kappa shape index (κ3) is 6.18. The molecule has 0 aliphatic carbocycles. The number of hydrogen-bond donors (Lipinski definition) is 0. The first-order chi connectivity index (χ1) is 9.05. The number of aldehydes is 1. The van der Waals surface area contributed by atoms with E-state index in [0.717, 1.165) is 12.7 Å². The number of methoxy groups -OCH3 is 1. The molecule has 0 amide bonds. The average molecular weight is 302 g/mol. The quantitative estimate of drug-likeness (QED) is 0.391. The monoisotopic (exact) mass is 302 g/mol. The van der Waals surface area contributed by atoms with Crippen LogP contribution in [0.5, 0.6) is 0 Å². The van der Waals surface area contributed by atoms with Crippen molar-refractivity contribution in [1.82, 2.24) is 0 Å². The van der Waals surface area contributed by atoms with E-state index in [1.165, 1.54) is 7.11 Å². The minimum Gasteiger partial charge on any atom is -0.469 e. The summed E-state index contributed by atoms with van der Waals surface area (Å²) in [7, 11) is -0.555. The minimum atomic E-state index is -1.95. The minimum absolute atomic E-state index is 0.0890. The standard InChI is InChI=1S/C15H30O4Si/c1-12(9-8-10-16)13(11-14(17)18-5)19-20(6,7)15(2,3)4/h10,12-13H,8-9,11H2,1-7H3/t12-,13+/m0/s1. The van der Waals surface area contributed by atoms with Crippen molar-refractivity contribution in [2.45, 2.75) is 71.2 Å². The molecule has 0 aliphatic heterocycles. The molecule has 0 bridgehead atoms. The molecule has 0 rings (SSSR count). The van der Waals surface area contributed by atoms with Gasteiger partial charge in [-0.25, -0.2) is 0 Å². The van der Waals surface area contributed by atoms with Gasteiger partial charge in [-0.05, 0) is 30.5 Å². The average Bonchev–Trinajstić information content (AvgIpc) is 2.33. The number of ether oxygens (including phenoxy) is 1. The van der Waals surface area contributed by atoms with E-state index in [1.807, 2.05) is 6.92 Å². The van der Waals surface area contributed by atoms with E-state index in [4.69, 9.17) is 9.16 Å². The van der Waals surface area contributed by atoms with Gasteiger partial charge in [0.1, 0.15) is 6.29 Å². The van der Waals surface area contributed by atoms with Gasteiger partial charge in [0.25, 0.3) is 0 Å². The van der Waals surface area contributed by atoms with Crippen molar-refractivity contribution in [2.75, 3.05) is 7.11 Å². The fourth-order valence-electron chi connectivity index (χ4n) is 1.68. The molecule has 0 aromatic rings. The van der Waals surface area contributed by atoms with E-state index < -0.39 is 8.32 Å². The van der Waals surface area contributed by atoms with Crippen LogP contribution < -0.4 is 0 Å². The zero-order chi connectivity index (χ0) is 16.0. The van der Waals surface area contributed by atoms with Gasteiger partial charge in [0.15, 0.2) is 8.32 Å². The summed E-state index contributed by atoms with van der Waals surface area (Å²) in [6.45, 7) is 12.9. The Morgan fingerprint density at radius 1 is 1.30 bits per heavy atom. The van der Waals surface area contributed by atoms with Crippen LogP contribution >= 0.6 is 0 Å². The highest BCUT2D eigenvalue weighted by atomic mass is 28.4. The second-order valence-electron chi connectivity index (χ2n) is 6.92. The highest BCUT2D eigenvalue weighted by Gasteiger charge is 2.40. The number of esters is 1. The highest BCUT2D eigenvalue weighted by molar-refractivity contribution is 6.74. The summed E-state index contributed by atoms with van der Waals surface area (Å²) < 4.78 is 11.1. The van der Waals surface area contributed by atoms with Gasteiger partial charge in [-0.15, -0.1) is 0 Å². The van der Waals surface area contributed by atoms with E-state index in [9.17, 15) is 9.59 Å². The summed E-state index contributed by atoms with van der Waals surface area (Å²) in [5.41, 5.74) is 0. The Bertz CT molecular complexity index is 320. The zero-order valence-electron chi connectivity index (χ0n) is 14.0. The summed E-state index contributed by atoms with van der Waals surface area (Å²) in [6, 6.07) is 0. The maximum Gasteiger partial charge on any atom is 0.308 e. The van der Waals surface area contributed by atoms with Gasteiger partial charge in [-0.3, -0.25) is 4.79 Å². The normalized spacial score (nSPS) is 15.6. The third-order valence-corrected chi connectivity index (χ3v) is 8.73. The zero-order valence-corrected chi connectivity index (χ0v) is 15.0. The summed E-state index contributed by atoms with van der Waals surface area (Å²) in [5.74, 6) is -0.0971. The van der Waals surface area contributed by atoms with Crippen LogP contribution in [0.4, 0.5) is 0 Å². The Hall–Kier alpha value is -0.683. The summed E-state index contributed by atoms with van der Waals surface area (Å²) >= 11 is 0. The van der Waals surface area contributed by atoms with Gasteiger partial charge in [-0.2, -0.15) is 0 Å². The van der Waals surface area contributed by atoms with Gasteiger partial charge in [0.2, 0.25) is 0 Å². The summed E-state index contributed by atoms with van der Waals surface area (Å²) in [6.07, 6.45) is 2.23. The van der Waals surface area contributed by atoms with E-state index >= 15 is 0 Å². The van der Waals surface area contributed by atoms with Crippen LogP contribution in [-0.2, 0) is 18.8 Å². The van der Waals surface area contributed by atoms with E-state index in [2.05, 4.69) is 33.9 Å². The fraction of sp³-hybridized carbons (Fsp3) is 0.867. The van der Waals surface area contributed by atoms with Crippen molar-refractivity contribution in [3.05, 3.63) is 0 Å². The van der Waals surface area contributed by atoms with E-state index in [1.54, 1.807) is 0 Å². The Kier molecular flexibility index (Phi) is 7.66. The van der Waals surface area contributed by atoms with E-state index in [0.29, 0.717) is 6.42 Å².